The monoisotopic (exact) mass is 401 g/mol. The first kappa shape index (κ1) is 18.5. The van der Waals surface area contributed by atoms with E-state index in [0.717, 1.165) is 54.8 Å². The van der Waals surface area contributed by atoms with Gasteiger partial charge in [-0.3, -0.25) is 14.6 Å². The standard InChI is InChI=1S/C21H21Cl2N3O/c22-18-6-3-5-16(20(18)23)13-25-8-10-26(11-9-25)14-17-12-15-4-1-2-7-19(15)24-21(17)27/h1-7,12H,8-11,13-14H2,(H,24,27). The van der Waals surface area contributed by atoms with Crippen LogP contribution in [0.3, 0.4) is 0 Å². The topological polar surface area (TPSA) is 39.3 Å². The summed E-state index contributed by atoms with van der Waals surface area (Å²) < 4.78 is 0. The van der Waals surface area contributed by atoms with E-state index in [0.29, 0.717) is 16.6 Å². The minimum absolute atomic E-state index is 0.00170. The number of piperazine rings is 1. The van der Waals surface area contributed by atoms with Crippen molar-refractivity contribution >= 4 is 34.1 Å². The van der Waals surface area contributed by atoms with Crippen LogP contribution in [0.25, 0.3) is 10.9 Å². The number of aromatic nitrogens is 1. The second-order valence-electron chi connectivity index (χ2n) is 6.98. The summed E-state index contributed by atoms with van der Waals surface area (Å²) in [5.74, 6) is 0. The molecule has 2 aromatic carbocycles. The van der Waals surface area contributed by atoms with Crippen molar-refractivity contribution < 1.29 is 0 Å². The number of aromatic amines is 1. The predicted octanol–water partition coefficient (Wildman–Crippen LogP) is 4.15. The molecule has 1 aromatic heterocycles. The average molecular weight is 402 g/mol. The molecule has 1 fully saturated rings. The molecule has 1 saturated heterocycles. The maximum atomic E-state index is 12.4. The smallest absolute Gasteiger partial charge is 0.252 e. The Morgan fingerprint density at radius 1 is 0.852 bits per heavy atom. The van der Waals surface area contributed by atoms with Crippen LogP contribution in [0, 0.1) is 0 Å². The largest absolute Gasteiger partial charge is 0.322 e. The third-order valence-electron chi connectivity index (χ3n) is 5.11. The van der Waals surface area contributed by atoms with E-state index in [-0.39, 0.29) is 5.56 Å². The molecule has 4 rings (SSSR count). The summed E-state index contributed by atoms with van der Waals surface area (Å²) in [6, 6.07) is 15.7. The Morgan fingerprint density at radius 2 is 1.52 bits per heavy atom. The van der Waals surface area contributed by atoms with Crippen molar-refractivity contribution in [2.45, 2.75) is 13.1 Å². The molecule has 1 aliphatic heterocycles. The van der Waals surface area contributed by atoms with E-state index >= 15 is 0 Å². The van der Waals surface area contributed by atoms with Crippen LogP contribution in [0.1, 0.15) is 11.1 Å². The normalized spacial score (nSPS) is 16.1. The first-order chi connectivity index (χ1) is 13.1. The van der Waals surface area contributed by atoms with Gasteiger partial charge in [-0.2, -0.15) is 0 Å². The van der Waals surface area contributed by atoms with Crippen molar-refractivity contribution in [2.75, 3.05) is 26.2 Å². The van der Waals surface area contributed by atoms with Gasteiger partial charge in [-0.25, -0.2) is 0 Å². The van der Waals surface area contributed by atoms with Crippen molar-refractivity contribution in [3.8, 4) is 0 Å². The summed E-state index contributed by atoms with van der Waals surface area (Å²) in [6.45, 7) is 5.19. The van der Waals surface area contributed by atoms with Gasteiger partial charge in [0.1, 0.15) is 0 Å². The van der Waals surface area contributed by atoms with Crippen LogP contribution in [-0.2, 0) is 13.1 Å². The molecule has 140 valence electrons. The summed E-state index contributed by atoms with van der Waals surface area (Å²) >= 11 is 12.4. The molecule has 0 amide bonds. The fourth-order valence-corrected chi connectivity index (χ4v) is 3.95. The van der Waals surface area contributed by atoms with Gasteiger partial charge in [-0.15, -0.1) is 0 Å². The Bertz CT molecular complexity index is 1010. The molecule has 0 spiro atoms. The Hall–Kier alpha value is -1.85. The molecule has 2 heterocycles. The van der Waals surface area contributed by atoms with Crippen molar-refractivity contribution in [1.82, 2.24) is 14.8 Å². The number of rotatable bonds is 4. The van der Waals surface area contributed by atoms with Gasteiger partial charge in [0.15, 0.2) is 0 Å². The van der Waals surface area contributed by atoms with E-state index < -0.39 is 0 Å². The minimum Gasteiger partial charge on any atom is -0.322 e. The molecule has 0 bridgehead atoms. The summed E-state index contributed by atoms with van der Waals surface area (Å²) in [7, 11) is 0. The van der Waals surface area contributed by atoms with Gasteiger partial charge in [-0.1, -0.05) is 53.5 Å². The molecule has 4 nitrogen and oxygen atoms in total. The summed E-state index contributed by atoms with van der Waals surface area (Å²) in [5, 5.41) is 2.31. The summed E-state index contributed by atoms with van der Waals surface area (Å²) in [4.78, 5) is 20.0. The lowest BCUT2D eigenvalue weighted by Gasteiger charge is -2.34. The summed E-state index contributed by atoms with van der Waals surface area (Å²) in [6.07, 6.45) is 0. The highest BCUT2D eigenvalue weighted by Crippen LogP contribution is 2.26. The Balaban J connectivity index is 1.39. The van der Waals surface area contributed by atoms with Crippen LogP contribution >= 0.6 is 23.2 Å². The Morgan fingerprint density at radius 3 is 2.26 bits per heavy atom. The van der Waals surface area contributed by atoms with Gasteiger partial charge in [-0.05, 0) is 29.1 Å². The average Bonchev–Trinajstić information content (AvgIpc) is 2.67. The Labute approximate surface area is 168 Å². The SMILES string of the molecule is O=c1[nH]c2ccccc2cc1CN1CCN(Cc2cccc(Cl)c2Cl)CC1. The molecule has 0 unspecified atom stereocenters. The number of pyridine rings is 1. The lowest BCUT2D eigenvalue weighted by atomic mass is 10.1. The van der Waals surface area contributed by atoms with Gasteiger partial charge < -0.3 is 4.98 Å². The zero-order valence-electron chi connectivity index (χ0n) is 14.9. The van der Waals surface area contributed by atoms with Crippen molar-refractivity contribution in [1.29, 1.82) is 0 Å². The molecule has 0 saturated carbocycles. The van der Waals surface area contributed by atoms with Crippen LogP contribution in [0.2, 0.25) is 10.0 Å². The van der Waals surface area contributed by atoms with E-state index in [2.05, 4.69) is 14.8 Å². The number of hydrogen-bond donors (Lipinski definition) is 1. The van der Waals surface area contributed by atoms with Crippen LogP contribution in [0.15, 0.2) is 53.3 Å². The first-order valence-corrected chi connectivity index (χ1v) is 9.84. The third kappa shape index (κ3) is 4.19. The second kappa shape index (κ2) is 8.03. The number of hydrogen-bond acceptors (Lipinski definition) is 3. The number of H-pyrrole nitrogens is 1. The number of para-hydroxylation sites is 1. The number of halogens is 2. The highest BCUT2D eigenvalue weighted by atomic mass is 35.5. The molecule has 1 aliphatic rings. The molecule has 1 N–H and O–H groups in total. The number of fused-ring (bicyclic) bond motifs is 1. The number of nitrogens with one attached hydrogen (secondary N) is 1. The van der Waals surface area contributed by atoms with Crippen LogP contribution in [0.5, 0.6) is 0 Å². The van der Waals surface area contributed by atoms with Gasteiger partial charge in [0.05, 0.1) is 10.0 Å². The van der Waals surface area contributed by atoms with E-state index in [1.807, 2.05) is 48.5 Å². The highest BCUT2D eigenvalue weighted by molar-refractivity contribution is 6.42. The minimum atomic E-state index is 0.00170. The zero-order chi connectivity index (χ0) is 18.8. The van der Waals surface area contributed by atoms with Crippen LogP contribution in [0.4, 0.5) is 0 Å². The molecule has 27 heavy (non-hydrogen) atoms. The van der Waals surface area contributed by atoms with Crippen molar-refractivity contribution in [2.24, 2.45) is 0 Å². The number of nitrogens with zero attached hydrogens (tertiary/aromatic N) is 2. The summed E-state index contributed by atoms with van der Waals surface area (Å²) in [5.41, 5.74) is 2.76. The van der Waals surface area contributed by atoms with E-state index in [1.54, 1.807) is 0 Å². The number of benzene rings is 2. The van der Waals surface area contributed by atoms with Crippen LogP contribution in [-0.4, -0.2) is 41.0 Å². The maximum absolute atomic E-state index is 12.4. The molecule has 3 aromatic rings. The maximum Gasteiger partial charge on any atom is 0.252 e. The zero-order valence-corrected chi connectivity index (χ0v) is 16.4. The Kier molecular flexibility index (Phi) is 5.50. The van der Waals surface area contributed by atoms with Crippen molar-refractivity contribution in [3.63, 3.8) is 0 Å². The third-order valence-corrected chi connectivity index (χ3v) is 5.97. The molecular weight excluding hydrogens is 381 g/mol. The second-order valence-corrected chi connectivity index (χ2v) is 7.76. The van der Waals surface area contributed by atoms with Crippen LogP contribution < -0.4 is 5.56 Å². The van der Waals surface area contributed by atoms with E-state index in [1.165, 1.54) is 0 Å². The quantitative estimate of drug-likeness (QED) is 0.713. The van der Waals surface area contributed by atoms with Gasteiger partial charge in [0.2, 0.25) is 0 Å². The molecular formula is C21H21Cl2N3O. The lowest BCUT2D eigenvalue weighted by Crippen LogP contribution is -2.45. The molecule has 0 radical (unpaired) electrons. The van der Waals surface area contributed by atoms with E-state index in [4.69, 9.17) is 23.2 Å². The molecule has 0 atom stereocenters. The highest BCUT2D eigenvalue weighted by Gasteiger charge is 2.19. The lowest BCUT2D eigenvalue weighted by molar-refractivity contribution is 0.121. The first-order valence-electron chi connectivity index (χ1n) is 9.09. The molecule has 6 heteroatoms. The predicted molar refractivity (Wildman–Crippen MR) is 112 cm³/mol. The fourth-order valence-electron chi connectivity index (χ4n) is 3.57. The molecule has 0 aliphatic carbocycles. The van der Waals surface area contributed by atoms with E-state index in [9.17, 15) is 4.79 Å². The van der Waals surface area contributed by atoms with Crippen molar-refractivity contribution in [3.05, 3.63) is 80.1 Å². The van der Waals surface area contributed by atoms with Gasteiger partial charge in [0, 0.05) is 50.3 Å². The fraction of sp³-hybridized carbons (Fsp3) is 0.286. The van der Waals surface area contributed by atoms with Gasteiger partial charge in [0.25, 0.3) is 5.56 Å². The van der Waals surface area contributed by atoms with Gasteiger partial charge >= 0.3 is 0 Å².